The van der Waals surface area contributed by atoms with Crippen molar-refractivity contribution in [2.24, 2.45) is 17.3 Å². The van der Waals surface area contributed by atoms with Gasteiger partial charge in [-0.25, -0.2) is 0 Å². The summed E-state index contributed by atoms with van der Waals surface area (Å²) in [6.07, 6.45) is 2.02. The van der Waals surface area contributed by atoms with Crippen molar-refractivity contribution < 1.29 is 9.53 Å². The van der Waals surface area contributed by atoms with Crippen LogP contribution in [0, 0.1) is 17.3 Å². The van der Waals surface area contributed by atoms with E-state index < -0.39 is 0 Å². The highest BCUT2D eigenvalue weighted by molar-refractivity contribution is 5.76. The molecular weight excluding hydrogens is 200 g/mol. The first-order valence-electron chi connectivity index (χ1n) is 5.86. The molecule has 2 aliphatic rings. The van der Waals surface area contributed by atoms with Gasteiger partial charge in [0.2, 0.25) is 0 Å². The van der Waals surface area contributed by atoms with Crippen molar-refractivity contribution >= 4 is 5.97 Å². The number of esters is 1. The lowest BCUT2D eigenvalue weighted by Gasteiger charge is -2.32. The van der Waals surface area contributed by atoms with Crippen LogP contribution in [0.2, 0.25) is 0 Å². The minimum atomic E-state index is -0.0508. The molecule has 3 atom stereocenters. The predicted molar refractivity (Wildman–Crippen MR) is 63.9 cm³/mol. The Morgan fingerprint density at radius 3 is 2.62 bits per heavy atom. The number of carbonyl (C=O) groups is 1. The molecule has 0 saturated heterocycles. The predicted octanol–water partition coefficient (Wildman–Crippen LogP) is 3.10. The third-order valence-electron chi connectivity index (χ3n) is 4.57. The first-order valence-corrected chi connectivity index (χ1v) is 5.86. The average Bonchev–Trinajstić information content (AvgIpc) is 2.67. The molecule has 0 heterocycles. The third-order valence-corrected chi connectivity index (χ3v) is 4.57. The summed E-state index contributed by atoms with van der Waals surface area (Å²) in [4.78, 5) is 11.8. The number of fused-ring (bicyclic) bond motifs is 2. The van der Waals surface area contributed by atoms with Gasteiger partial charge < -0.3 is 4.74 Å². The van der Waals surface area contributed by atoms with Gasteiger partial charge in [0.05, 0.1) is 13.0 Å². The van der Waals surface area contributed by atoms with E-state index in [1.54, 1.807) is 0 Å². The van der Waals surface area contributed by atoms with Gasteiger partial charge in [0, 0.05) is 5.41 Å². The van der Waals surface area contributed by atoms with Gasteiger partial charge in [0.1, 0.15) is 0 Å². The zero-order valence-electron chi connectivity index (χ0n) is 10.6. The molecule has 0 aromatic carbocycles. The molecule has 0 aliphatic heterocycles. The van der Waals surface area contributed by atoms with E-state index in [1.807, 2.05) is 0 Å². The molecule has 0 spiro atoms. The molecule has 0 N–H and O–H groups in total. The number of ether oxygens (including phenoxy) is 1. The average molecular weight is 220 g/mol. The quantitative estimate of drug-likeness (QED) is 0.668. The Morgan fingerprint density at radius 1 is 1.56 bits per heavy atom. The van der Waals surface area contributed by atoms with E-state index in [9.17, 15) is 4.79 Å². The van der Waals surface area contributed by atoms with Crippen LogP contribution in [0.4, 0.5) is 0 Å². The topological polar surface area (TPSA) is 26.3 Å². The van der Waals surface area contributed by atoms with Crippen LogP contribution in [0.3, 0.4) is 0 Å². The Hall–Kier alpha value is -1.05. The molecule has 2 heteroatoms. The highest BCUT2D eigenvalue weighted by atomic mass is 16.5. The molecule has 2 aliphatic carbocycles. The van der Waals surface area contributed by atoms with Crippen LogP contribution in [0.25, 0.3) is 0 Å². The van der Waals surface area contributed by atoms with Crippen LogP contribution < -0.4 is 0 Å². The van der Waals surface area contributed by atoms with Gasteiger partial charge in [0.15, 0.2) is 0 Å². The fourth-order valence-electron chi connectivity index (χ4n) is 3.70. The van der Waals surface area contributed by atoms with Gasteiger partial charge in [0.25, 0.3) is 0 Å². The van der Waals surface area contributed by atoms with Gasteiger partial charge in [-0.3, -0.25) is 4.79 Å². The van der Waals surface area contributed by atoms with Crippen molar-refractivity contribution in [1.29, 1.82) is 0 Å². The Balaban J connectivity index is 2.40. The summed E-state index contributed by atoms with van der Waals surface area (Å²) >= 11 is 0. The van der Waals surface area contributed by atoms with E-state index in [-0.39, 0.29) is 17.3 Å². The SMILES string of the molecule is C=C(C)C1=C(C)C2(C)CC1CC2C(=O)OC. The van der Waals surface area contributed by atoms with Crippen molar-refractivity contribution in [2.75, 3.05) is 7.11 Å². The van der Waals surface area contributed by atoms with E-state index >= 15 is 0 Å². The fraction of sp³-hybridized carbons (Fsp3) is 0.643. The highest BCUT2D eigenvalue weighted by Crippen LogP contribution is 2.61. The van der Waals surface area contributed by atoms with Gasteiger partial charge in [-0.05, 0) is 38.2 Å². The standard InChI is InChI=1S/C14H20O2/c1-8(2)12-9(3)14(4)7-10(12)6-11(14)13(15)16-5/h10-11H,1,6-7H2,2-5H3. The molecule has 2 rings (SSSR count). The second-order valence-corrected chi connectivity index (χ2v) is 5.45. The number of hydrogen-bond donors (Lipinski definition) is 0. The first-order chi connectivity index (χ1) is 7.41. The Labute approximate surface area is 97.4 Å². The molecule has 16 heavy (non-hydrogen) atoms. The van der Waals surface area contributed by atoms with Gasteiger partial charge in [-0.1, -0.05) is 24.6 Å². The molecule has 0 radical (unpaired) electrons. The Morgan fingerprint density at radius 2 is 2.19 bits per heavy atom. The highest BCUT2D eigenvalue weighted by Gasteiger charge is 2.55. The molecular formula is C14H20O2. The first kappa shape index (κ1) is 11.4. The summed E-state index contributed by atoms with van der Waals surface area (Å²) in [7, 11) is 1.48. The van der Waals surface area contributed by atoms with Gasteiger partial charge >= 0.3 is 5.97 Å². The minimum absolute atomic E-state index is 0.00600. The molecule has 3 unspecified atom stereocenters. The normalized spacial score (nSPS) is 36.8. The lowest BCUT2D eigenvalue weighted by Crippen LogP contribution is -2.31. The second-order valence-electron chi connectivity index (χ2n) is 5.45. The molecule has 0 aromatic heterocycles. The van der Waals surface area contributed by atoms with E-state index in [0.29, 0.717) is 5.92 Å². The van der Waals surface area contributed by atoms with E-state index in [0.717, 1.165) is 18.4 Å². The van der Waals surface area contributed by atoms with Crippen LogP contribution in [-0.2, 0) is 9.53 Å². The summed E-state index contributed by atoms with van der Waals surface area (Å²) in [6.45, 7) is 10.5. The molecule has 0 amide bonds. The lowest BCUT2D eigenvalue weighted by molar-refractivity contribution is -0.148. The van der Waals surface area contributed by atoms with Gasteiger partial charge in [-0.2, -0.15) is 0 Å². The van der Waals surface area contributed by atoms with Crippen molar-refractivity contribution in [3.63, 3.8) is 0 Å². The van der Waals surface area contributed by atoms with E-state index in [4.69, 9.17) is 4.74 Å². The van der Waals surface area contributed by atoms with Gasteiger partial charge in [-0.15, -0.1) is 0 Å². The van der Waals surface area contributed by atoms with Crippen molar-refractivity contribution in [3.8, 4) is 0 Å². The maximum atomic E-state index is 11.8. The van der Waals surface area contributed by atoms with Crippen molar-refractivity contribution in [2.45, 2.75) is 33.6 Å². The van der Waals surface area contributed by atoms with Crippen molar-refractivity contribution in [1.82, 2.24) is 0 Å². The lowest BCUT2D eigenvalue weighted by atomic mass is 9.72. The maximum absolute atomic E-state index is 11.8. The molecule has 0 aromatic rings. The maximum Gasteiger partial charge on any atom is 0.309 e. The van der Waals surface area contributed by atoms with Crippen LogP contribution >= 0.6 is 0 Å². The molecule has 1 saturated carbocycles. The smallest absolute Gasteiger partial charge is 0.309 e. The zero-order chi connectivity index (χ0) is 12.1. The number of hydrogen-bond acceptors (Lipinski definition) is 2. The Bertz CT molecular complexity index is 392. The molecule has 2 nitrogen and oxygen atoms in total. The number of rotatable bonds is 2. The summed E-state index contributed by atoms with van der Waals surface area (Å²) in [5, 5.41) is 0. The summed E-state index contributed by atoms with van der Waals surface area (Å²) < 4.78 is 4.91. The van der Waals surface area contributed by atoms with Crippen LogP contribution in [0.1, 0.15) is 33.6 Å². The summed E-state index contributed by atoms with van der Waals surface area (Å²) in [5.74, 6) is 0.516. The summed E-state index contributed by atoms with van der Waals surface area (Å²) in [5.41, 5.74) is 3.93. The molecule has 1 fully saturated rings. The molecule has 88 valence electrons. The monoisotopic (exact) mass is 220 g/mol. The van der Waals surface area contributed by atoms with Crippen molar-refractivity contribution in [3.05, 3.63) is 23.3 Å². The van der Waals surface area contributed by atoms with E-state index in [1.165, 1.54) is 18.3 Å². The number of allylic oxidation sites excluding steroid dienone is 3. The number of carbonyl (C=O) groups excluding carboxylic acids is 1. The van der Waals surface area contributed by atoms with Crippen LogP contribution in [-0.4, -0.2) is 13.1 Å². The minimum Gasteiger partial charge on any atom is -0.469 e. The zero-order valence-corrected chi connectivity index (χ0v) is 10.6. The molecule has 2 bridgehead atoms. The number of methoxy groups -OCH3 is 1. The fourth-order valence-corrected chi connectivity index (χ4v) is 3.70. The largest absolute Gasteiger partial charge is 0.469 e. The second kappa shape index (κ2) is 3.47. The summed E-state index contributed by atoms with van der Waals surface area (Å²) in [6, 6.07) is 0. The Kier molecular flexibility index (Phi) is 2.48. The third kappa shape index (κ3) is 1.28. The van der Waals surface area contributed by atoms with Crippen LogP contribution in [0.15, 0.2) is 23.3 Å². The van der Waals surface area contributed by atoms with Crippen LogP contribution in [0.5, 0.6) is 0 Å². The van der Waals surface area contributed by atoms with E-state index in [2.05, 4.69) is 27.4 Å².